The van der Waals surface area contributed by atoms with E-state index >= 15 is 0 Å². The zero-order valence-corrected chi connectivity index (χ0v) is 9.40. The van der Waals surface area contributed by atoms with Gasteiger partial charge in [0, 0.05) is 19.6 Å². The van der Waals surface area contributed by atoms with Crippen molar-refractivity contribution in [2.45, 2.75) is 13.8 Å². The van der Waals surface area contributed by atoms with E-state index < -0.39 is 0 Å². The van der Waals surface area contributed by atoms with Crippen LogP contribution in [0.25, 0.3) is 0 Å². The van der Waals surface area contributed by atoms with E-state index in [2.05, 4.69) is 35.1 Å². The fourth-order valence-electron chi connectivity index (χ4n) is 1.49. The van der Waals surface area contributed by atoms with E-state index in [-0.39, 0.29) is 6.61 Å². The first kappa shape index (κ1) is 11.8. The lowest BCUT2D eigenvalue weighted by Crippen LogP contribution is -2.26. The minimum atomic E-state index is 0.166. The molecule has 0 atom stereocenters. The molecular weight excluding hydrogens is 190 g/mol. The normalized spacial score (nSPS) is 10.1. The number of aliphatic hydroxyl groups is 1. The molecule has 0 spiro atoms. The maximum absolute atomic E-state index is 8.92. The van der Waals surface area contributed by atoms with Crippen LogP contribution in [0.3, 0.4) is 0 Å². The van der Waals surface area contributed by atoms with Gasteiger partial charge in [0.15, 0.2) is 0 Å². The van der Waals surface area contributed by atoms with Crippen LogP contribution >= 0.6 is 0 Å². The Morgan fingerprint density at radius 2 is 2.20 bits per heavy atom. The molecule has 0 saturated heterocycles. The molecule has 4 nitrogen and oxygen atoms in total. The molecule has 0 aromatic carbocycles. The molecule has 0 aliphatic heterocycles. The number of aliphatic hydroxyl groups excluding tert-OH is 1. The summed E-state index contributed by atoms with van der Waals surface area (Å²) in [5.41, 5.74) is 2.07. The van der Waals surface area contributed by atoms with Crippen molar-refractivity contribution >= 4 is 11.4 Å². The minimum Gasteiger partial charge on any atom is -0.395 e. The third-order valence-electron chi connectivity index (χ3n) is 2.22. The molecule has 0 aliphatic rings. The lowest BCUT2D eigenvalue weighted by atomic mass is 10.3. The Bertz CT molecular complexity index is 291. The number of aromatic nitrogens is 1. The highest BCUT2D eigenvalue weighted by molar-refractivity contribution is 5.55. The highest BCUT2D eigenvalue weighted by Gasteiger charge is 2.04. The maximum Gasteiger partial charge on any atom is 0.0606 e. The average Bonchev–Trinajstić information content (AvgIpc) is 2.27. The summed E-state index contributed by atoms with van der Waals surface area (Å²) >= 11 is 0. The van der Waals surface area contributed by atoms with Crippen LogP contribution in [0.4, 0.5) is 11.4 Å². The number of likely N-dealkylation sites (N-methyl/N-ethyl adjacent to an activating group) is 1. The minimum absolute atomic E-state index is 0.166. The van der Waals surface area contributed by atoms with Gasteiger partial charge >= 0.3 is 0 Å². The summed E-state index contributed by atoms with van der Waals surface area (Å²) in [6.45, 7) is 6.69. The fourth-order valence-corrected chi connectivity index (χ4v) is 1.49. The van der Waals surface area contributed by atoms with E-state index in [0.717, 1.165) is 24.5 Å². The SMILES string of the molecule is CCNc1cncc(N(CC)CCO)c1. The van der Waals surface area contributed by atoms with E-state index in [4.69, 9.17) is 5.11 Å². The number of hydrogen-bond donors (Lipinski definition) is 2. The van der Waals surface area contributed by atoms with Crippen molar-refractivity contribution in [3.05, 3.63) is 18.5 Å². The van der Waals surface area contributed by atoms with Crippen LogP contribution in [0.15, 0.2) is 18.5 Å². The van der Waals surface area contributed by atoms with E-state index in [1.54, 1.807) is 6.20 Å². The number of rotatable bonds is 6. The van der Waals surface area contributed by atoms with Crippen LogP contribution in [-0.4, -0.2) is 36.3 Å². The molecular formula is C11H19N3O. The van der Waals surface area contributed by atoms with Crippen molar-refractivity contribution in [2.24, 2.45) is 0 Å². The number of hydrogen-bond acceptors (Lipinski definition) is 4. The monoisotopic (exact) mass is 209 g/mol. The Morgan fingerprint density at radius 1 is 1.40 bits per heavy atom. The van der Waals surface area contributed by atoms with Gasteiger partial charge in [-0.25, -0.2) is 0 Å². The van der Waals surface area contributed by atoms with E-state index in [1.807, 2.05) is 6.20 Å². The zero-order valence-electron chi connectivity index (χ0n) is 9.40. The van der Waals surface area contributed by atoms with Gasteiger partial charge in [0.25, 0.3) is 0 Å². The highest BCUT2D eigenvalue weighted by Crippen LogP contribution is 2.16. The quantitative estimate of drug-likeness (QED) is 0.742. The highest BCUT2D eigenvalue weighted by atomic mass is 16.3. The summed E-state index contributed by atoms with van der Waals surface area (Å²) < 4.78 is 0. The molecule has 0 radical (unpaired) electrons. The third-order valence-corrected chi connectivity index (χ3v) is 2.22. The molecule has 0 saturated carbocycles. The van der Waals surface area contributed by atoms with Crippen LogP contribution in [0.5, 0.6) is 0 Å². The molecule has 0 amide bonds. The summed E-state index contributed by atoms with van der Waals surface area (Å²) in [5, 5.41) is 12.1. The smallest absolute Gasteiger partial charge is 0.0606 e. The molecule has 1 heterocycles. The molecule has 0 bridgehead atoms. The van der Waals surface area contributed by atoms with Crippen LogP contribution in [0.1, 0.15) is 13.8 Å². The van der Waals surface area contributed by atoms with Crippen molar-refractivity contribution in [3.8, 4) is 0 Å². The van der Waals surface area contributed by atoms with Gasteiger partial charge in [-0.2, -0.15) is 0 Å². The molecule has 84 valence electrons. The molecule has 4 heteroatoms. The molecule has 1 aromatic rings. The molecule has 0 fully saturated rings. The van der Waals surface area contributed by atoms with E-state index in [0.29, 0.717) is 6.54 Å². The molecule has 0 aliphatic carbocycles. The Kier molecular flexibility index (Phi) is 4.90. The topological polar surface area (TPSA) is 48.4 Å². The lowest BCUT2D eigenvalue weighted by Gasteiger charge is -2.22. The Hall–Kier alpha value is -1.29. The summed E-state index contributed by atoms with van der Waals surface area (Å²) in [6.07, 6.45) is 3.62. The molecule has 1 aromatic heterocycles. The van der Waals surface area contributed by atoms with Crippen molar-refractivity contribution in [3.63, 3.8) is 0 Å². The summed E-state index contributed by atoms with van der Waals surface area (Å²) in [5.74, 6) is 0. The zero-order chi connectivity index (χ0) is 11.1. The Morgan fingerprint density at radius 3 is 2.80 bits per heavy atom. The summed E-state index contributed by atoms with van der Waals surface area (Å²) in [7, 11) is 0. The van der Waals surface area contributed by atoms with Crippen LogP contribution in [0, 0.1) is 0 Å². The van der Waals surface area contributed by atoms with Crippen LogP contribution in [0.2, 0.25) is 0 Å². The van der Waals surface area contributed by atoms with Gasteiger partial charge in [-0.15, -0.1) is 0 Å². The number of nitrogens with one attached hydrogen (secondary N) is 1. The fraction of sp³-hybridized carbons (Fsp3) is 0.545. The second-order valence-corrected chi connectivity index (χ2v) is 3.27. The predicted molar refractivity (Wildman–Crippen MR) is 63.4 cm³/mol. The lowest BCUT2D eigenvalue weighted by molar-refractivity contribution is 0.302. The predicted octanol–water partition coefficient (Wildman–Crippen LogP) is 1.33. The molecule has 1 rings (SSSR count). The molecule has 0 unspecified atom stereocenters. The van der Waals surface area contributed by atoms with Gasteiger partial charge in [-0.3, -0.25) is 4.98 Å². The maximum atomic E-state index is 8.92. The third kappa shape index (κ3) is 3.40. The summed E-state index contributed by atoms with van der Waals surface area (Å²) in [4.78, 5) is 6.26. The van der Waals surface area contributed by atoms with Crippen molar-refractivity contribution in [2.75, 3.05) is 36.5 Å². The van der Waals surface area contributed by atoms with Crippen LogP contribution in [-0.2, 0) is 0 Å². The molecule has 15 heavy (non-hydrogen) atoms. The second kappa shape index (κ2) is 6.24. The first-order chi connectivity index (χ1) is 7.31. The Balaban J connectivity index is 2.77. The van der Waals surface area contributed by atoms with Crippen LogP contribution < -0.4 is 10.2 Å². The standard InChI is InChI=1S/C11H19N3O/c1-3-13-10-7-11(9-12-8-10)14(4-2)5-6-15/h7-9,13,15H,3-6H2,1-2H3. The largest absolute Gasteiger partial charge is 0.395 e. The van der Waals surface area contributed by atoms with Crippen molar-refractivity contribution in [1.29, 1.82) is 0 Å². The van der Waals surface area contributed by atoms with Gasteiger partial charge in [0.2, 0.25) is 0 Å². The van der Waals surface area contributed by atoms with Gasteiger partial charge in [-0.1, -0.05) is 0 Å². The van der Waals surface area contributed by atoms with Crippen molar-refractivity contribution < 1.29 is 5.11 Å². The van der Waals surface area contributed by atoms with Gasteiger partial charge in [0.05, 0.1) is 30.4 Å². The van der Waals surface area contributed by atoms with E-state index in [9.17, 15) is 0 Å². The molecule has 2 N–H and O–H groups in total. The van der Waals surface area contributed by atoms with Gasteiger partial charge in [0.1, 0.15) is 0 Å². The van der Waals surface area contributed by atoms with Crippen molar-refractivity contribution in [1.82, 2.24) is 4.98 Å². The first-order valence-corrected chi connectivity index (χ1v) is 5.36. The van der Waals surface area contributed by atoms with E-state index in [1.165, 1.54) is 0 Å². The number of pyridine rings is 1. The number of nitrogens with zero attached hydrogens (tertiary/aromatic N) is 2. The van der Waals surface area contributed by atoms with Gasteiger partial charge in [-0.05, 0) is 19.9 Å². The second-order valence-electron chi connectivity index (χ2n) is 3.27. The first-order valence-electron chi connectivity index (χ1n) is 5.36. The summed E-state index contributed by atoms with van der Waals surface area (Å²) in [6, 6.07) is 2.05. The Labute approximate surface area is 90.9 Å². The van der Waals surface area contributed by atoms with Gasteiger partial charge < -0.3 is 15.3 Å². The number of anilines is 2. The average molecular weight is 209 g/mol.